The summed E-state index contributed by atoms with van der Waals surface area (Å²) in [4.78, 5) is 4.25. The van der Waals surface area contributed by atoms with Gasteiger partial charge < -0.3 is 10.5 Å². The maximum Gasteiger partial charge on any atom is 0.124 e. The Hall–Kier alpha value is -3.06. The molecule has 0 radical (unpaired) electrons. The van der Waals surface area contributed by atoms with Crippen LogP contribution in [-0.2, 0) is 0 Å². The average Bonchev–Trinajstić information content (AvgIpc) is 2.53. The highest BCUT2D eigenvalue weighted by molar-refractivity contribution is 5.96. The van der Waals surface area contributed by atoms with Crippen molar-refractivity contribution in [3.05, 3.63) is 65.7 Å². The predicted octanol–water partition coefficient (Wildman–Crippen LogP) is 3.27. The van der Waals surface area contributed by atoms with Gasteiger partial charge in [-0.2, -0.15) is 5.26 Å². The summed E-state index contributed by atoms with van der Waals surface area (Å²) in [5.74, 6) is 1.18. The Kier molecular flexibility index (Phi) is 4.73. The van der Waals surface area contributed by atoms with Gasteiger partial charge in [-0.1, -0.05) is 24.3 Å². The van der Waals surface area contributed by atoms with Crippen LogP contribution in [0.2, 0.25) is 0 Å². The molecule has 2 rings (SSSR count). The molecule has 2 N–H and O–H groups in total. The number of amidine groups is 1. The second kappa shape index (κ2) is 6.92. The third-order valence-electron chi connectivity index (χ3n) is 2.80. The number of nitriles is 1. The topological polar surface area (TPSA) is 71.4 Å². The van der Waals surface area contributed by atoms with Gasteiger partial charge in [0.2, 0.25) is 0 Å². The summed E-state index contributed by atoms with van der Waals surface area (Å²) in [6, 6.07) is 16.7. The van der Waals surface area contributed by atoms with Crippen LogP contribution in [0.5, 0.6) is 5.75 Å². The number of hydrogen-bond donors (Lipinski definition) is 1. The number of methoxy groups -OCH3 is 1. The van der Waals surface area contributed by atoms with E-state index in [9.17, 15) is 0 Å². The van der Waals surface area contributed by atoms with E-state index in [1.807, 2.05) is 30.3 Å². The first-order chi connectivity index (χ1) is 10.2. The lowest BCUT2D eigenvalue weighted by molar-refractivity contribution is 0.415. The Morgan fingerprint density at radius 3 is 2.67 bits per heavy atom. The second-order valence-electron chi connectivity index (χ2n) is 4.31. The number of rotatable bonds is 4. The fourth-order valence-electron chi connectivity index (χ4n) is 1.73. The molecule has 4 nitrogen and oxygen atoms in total. The zero-order valence-electron chi connectivity index (χ0n) is 11.7. The molecule has 21 heavy (non-hydrogen) atoms. The Labute approximate surface area is 123 Å². The van der Waals surface area contributed by atoms with Crippen LogP contribution in [0.25, 0.3) is 6.08 Å². The van der Waals surface area contributed by atoms with Crippen molar-refractivity contribution in [1.29, 1.82) is 5.26 Å². The number of hydrogen-bond acceptors (Lipinski definition) is 3. The summed E-state index contributed by atoms with van der Waals surface area (Å²) in [6.07, 6.45) is 3.59. The van der Waals surface area contributed by atoms with Crippen LogP contribution >= 0.6 is 0 Å². The fraction of sp³-hybridized carbons (Fsp3) is 0.0588. The summed E-state index contributed by atoms with van der Waals surface area (Å²) in [6.45, 7) is 0. The highest BCUT2D eigenvalue weighted by atomic mass is 16.5. The highest BCUT2D eigenvalue weighted by Crippen LogP contribution is 2.14. The zero-order chi connectivity index (χ0) is 15.1. The minimum Gasteiger partial charge on any atom is -0.497 e. The summed E-state index contributed by atoms with van der Waals surface area (Å²) in [7, 11) is 1.63. The van der Waals surface area contributed by atoms with Crippen molar-refractivity contribution in [2.24, 2.45) is 10.7 Å². The van der Waals surface area contributed by atoms with Crippen molar-refractivity contribution < 1.29 is 4.74 Å². The lowest BCUT2D eigenvalue weighted by Crippen LogP contribution is -2.06. The van der Waals surface area contributed by atoms with Crippen LogP contribution in [0.15, 0.2) is 59.6 Å². The zero-order valence-corrected chi connectivity index (χ0v) is 11.7. The number of nitrogens with two attached hydrogens (primary N) is 1. The largest absolute Gasteiger partial charge is 0.497 e. The lowest BCUT2D eigenvalue weighted by atomic mass is 10.2. The SMILES string of the molecule is COc1ccc(C=CC(N)=Nc2cccc(C#N)c2)cc1. The predicted molar refractivity (Wildman–Crippen MR) is 84.5 cm³/mol. The number of nitrogens with zero attached hydrogens (tertiary/aromatic N) is 2. The van der Waals surface area contributed by atoms with Gasteiger partial charge >= 0.3 is 0 Å². The third kappa shape index (κ3) is 4.22. The number of benzene rings is 2. The van der Waals surface area contributed by atoms with E-state index in [1.165, 1.54) is 0 Å². The summed E-state index contributed by atoms with van der Waals surface area (Å²) in [5.41, 5.74) is 8.07. The highest BCUT2D eigenvalue weighted by Gasteiger charge is 1.94. The van der Waals surface area contributed by atoms with E-state index in [4.69, 9.17) is 15.7 Å². The summed E-state index contributed by atoms with van der Waals surface area (Å²) < 4.78 is 5.10. The molecule has 0 atom stereocenters. The molecular weight excluding hydrogens is 262 g/mol. The van der Waals surface area contributed by atoms with Crippen molar-refractivity contribution in [2.75, 3.05) is 7.11 Å². The maximum absolute atomic E-state index is 8.84. The molecule has 0 aromatic heterocycles. The van der Waals surface area contributed by atoms with E-state index in [0.29, 0.717) is 17.1 Å². The van der Waals surface area contributed by atoms with Crippen molar-refractivity contribution >= 4 is 17.6 Å². The Morgan fingerprint density at radius 1 is 1.24 bits per heavy atom. The quantitative estimate of drug-likeness (QED) is 0.688. The van der Waals surface area contributed by atoms with Crippen LogP contribution in [-0.4, -0.2) is 12.9 Å². The standard InChI is InChI=1S/C17H15N3O/c1-21-16-8-5-13(6-9-16)7-10-17(19)20-15-4-2-3-14(11-15)12-18/h2-11H,1H3,(H2,19,20). The molecule has 0 bridgehead atoms. The van der Waals surface area contributed by atoms with Crippen molar-refractivity contribution in [3.8, 4) is 11.8 Å². The smallest absolute Gasteiger partial charge is 0.124 e. The Morgan fingerprint density at radius 2 is 2.00 bits per heavy atom. The molecule has 0 unspecified atom stereocenters. The molecule has 0 spiro atoms. The molecule has 0 fully saturated rings. The molecule has 0 aliphatic rings. The lowest BCUT2D eigenvalue weighted by Gasteiger charge is -1.99. The van der Waals surface area contributed by atoms with Gasteiger partial charge in [0.15, 0.2) is 0 Å². The van der Waals surface area contributed by atoms with E-state index >= 15 is 0 Å². The fourth-order valence-corrected chi connectivity index (χ4v) is 1.73. The summed E-state index contributed by atoms with van der Waals surface area (Å²) in [5, 5.41) is 8.84. The van der Waals surface area contributed by atoms with Gasteiger partial charge in [0, 0.05) is 0 Å². The molecule has 0 aliphatic carbocycles. The Bertz CT molecular complexity index is 710. The van der Waals surface area contributed by atoms with Gasteiger partial charge in [0.25, 0.3) is 0 Å². The first-order valence-corrected chi connectivity index (χ1v) is 6.38. The van der Waals surface area contributed by atoms with Crippen molar-refractivity contribution in [2.45, 2.75) is 0 Å². The van der Waals surface area contributed by atoms with Crippen LogP contribution in [0.1, 0.15) is 11.1 Å². The second-order valence-corrected chi connectivity index (χ2v) is 4.31. The van der Waals surface area contributed by atoms with Gasteiger partial charge in [-0.25, -0.2) is 4.99 Å². The van der Waals surface area contributed by atoms with E-state index in [0.717, 1.165) is 11.3 Å². The molecule has 104 valence electrons. The van der Waals surface area contributed by atoms with Gasteiger partial charge in [-0.15, -0.1) is 0 Å². The molecule has 0 saturated heterocycles. The minimum absolute atomic E-state index is 0.376. The van der Waals surface area contributed by atoms with Crippen LogP contribution < -0.4 is 10.5 Å². The molecule has 2 aromatic carbocycles. The van der Waals surface area contributed by atoms with Crippen LogP contribution in [0.3, 0.4) is 0 Å². The molecule has 0 aliphatic heterocycles. The molecule has 2 aromatic rings. The average molecular weight is 277 g/mol. The van der Waals surface area contributed by atoms with Gasteiger partial charge in [-0.05, 0) is 42.0 Å². The molecule has 4 heteroatoms. The Balaban J connectivity index is 2.12. The molecular formula is C17H15N3O. The van der Waals surface area contributed by atoms with Crippen molar-refractivity contribution in [1.82, 2.24) is 0 Å². The molecule has 0 saturated carbocycles. The normalized spacial score (nSPS) is 11.3. The minimum atomic E-state index is 0.376. The first kappa shape index (κ1) is 14.4. The number of aliphatic imine (C=N–C) groups is 1. The first-order valence-electron chi connectivity index (χ1n) is 6.38. The van der Waals surface area contributed by atoms with Gasteiger partial charge in [-0.3, -0.25) is 0 Å². The van der Waals surface area contributed by atoms with E-state index in [1.54, 1.807) is 37.5 Å². The van der Waals surface area contributed by atoms with E-state index < -0.39 is 0 Å². The molecule has 0 heterocycles. The van der Waals surface area contributed by atoms with Crippen LogP contribution in [0, 0.1) is 11.3 Å². The monoisotopic (exact) mass is 277 g/mol. The van der Waals surface area contributed by atoms with E-state index in [-0.39, 0.29) is 0 Å². The summed E-state index contributed by atoms with van der Waals surface area (Å²) >= 11 is 0. The van der Waals surface area contributed by atoms with Crippen LogP contribution in [0.4, 0.5) is 5.69 Å². The third-order valence-corrected chi connectivity index (χ3v) is 2.80. The molecule has 0 amide bonds. The maximum atomic E-state index is 8.84. The van der Waals surface area contributed by atoms with E-state index in [2.05, 4.69) is 11.1 Å². The number of ether oxygens (including phenoxy) is 1. The van der Waals surface area contributed by atoms with Gasteiger partial charge in [0.1, 0.15) is 11.6 Å². The van der Waals surface area contributed by atoms with Gasteiger partial charge in [0.05, 0.1) is 24.4 Å². The van der Waals surface area contributed by atoms with Crippen molar-refractivity contribution in [3.63, 3.8) is 0 Å².